The highest BCUT2D eigenvalue weighted by molar-refractivity contribution is 7.99. The summed E-state index contributed by atoms with van der Waals surface area (Å²) < 4.78 is 18.4. The number of carbonyl (C=O) groups is 1. The fraction of sp³-hybridized carbons (Fsp3) is 0.222. The first-order valence-electron chi connectivity index (χ1n) is 11.0. The van der Waals surface area contributed by atoms with E-state index in [0.29, 0.717) is 28.2 Å². The Morgan fingerprint density at radius 1 is 0.886 bits per heavy atom. The van der Waals surface area contributed by atoms with E-state index in [1.165, 1.54) is 11.8 Å². The van der Waals surface area contributed by atoms with Crippen molar-refractivity contribution in [3.63, 3.8) is 0 Å². The summed E-state index contributed by atoms with van der Waals surface area (Å²) >= 11 is 1.35. The van der Waals surface area contributed by atoms with Crippen LogP contribution in [0.25, 0.3) is 17.1 Å². The molecule has 0 saturated carbocycles. The molecule has 0 saturated heterocycles. The van der Waals surface area contributed by atoms with Gasteiger partial charge in [-0.25, -0.2) is 0 Å². The van der Waals surface area contributed by atoms with Gasteiger partial charge in [-0.2, -0.15) is 0 Å². The molecule has 35 heavy (non-hydrogen) atoms. The number of carbonyl (C=O) groups excluding carboxylic acids is 1. The maximum atomic E-state index is 13.0. The Labute approximate surface area is 209 Å². The van der Waals surface area contributed by atoms with Crippen LogP contribution in [0.4, 0.5) is 0 Å². The average Bonchev–Trinajstić information content (AvgIpc) is 3.30. The Bertz CT molecular complexity index is 1330. The van der Waals surface area contributed by atoms with E-state index in [0.717, 1.165) is 27.9 Å². The van der Waals surface area contributed by atoms with Crippen LogP contribution in [0.2, 0.25) is 0 Å². The molecule has 0 aliphatic rings. The number of hydrogen-bond acceptors (Lipinski definition) is 7. The monoisotopic (exact) mass is 489 g/mol. The van der Waals surface area contributed by atoms with Crippen molar-refractivity contribution in [2.45, 2.75) is 19.0 Å². The lowest BCUT2D eigenvalue weighted by molar-refractivity contribution is 0.102. The van der Waals surface area contributed by atoms with Crippen LogP contribution in [0, 0.1) is 13.8 Å². The second-order valence-corrected chi connectivity index (χ2v) is 8.86. The van der Waals surface area contributed by atoms with Gasteiger partial charge < -0.3 is 14.2 Å². The van der Waals surface area contributed by atoms with Gasteiger partial charge in [0.05, 0.1) is 27.1 Å². The number of ether oxygens (including phenoxy) is 3. The molecule has 0 atom stereocenters. The van der Waals surface area contributed by atoms with Gasteiger partial charge in [0.1, 0.15) is 0 Å². The second kappa shape index (κ2) is 10.7. The molecule has 0 fully saturated rings. The molecule has 0 unspecified atom stereocenters. The molecule has 8 heteroatoms. The minimum atomic E-state index is 0.0458. The van der Waals surface area contributed by atoms with E-state index in [-0.39, 0.29) is 11.5 Å². The Balaban J connectivity index is 1.74. The molecule has 1 heterocycles. The number of para-hydroxylation sites is 1. The fourth-order valence-electron chi connectivity index (χ4n) is 3.90. The smallest absolute Gasteiger partial charge is 0.203 e. The zero-order valence-corrected chi connectivity index (χ0v) is 21.2. The summed E-state index contributed by atoms with van der Waals surface area (Å²) in [5.41, 5.74) is 4.44. The number of nitrogens with zero attached hydrogens (tertiary/aromatic N) is 3. The number of methoxy groups -OCH3 is 3. The largest absolute Gasteiger partial charge is 0.493 e. The number of hydrogen-bond donors (Lipinski definition) is 0. The molecular weight excluding hydrogens is 462 g/mol. The van der Waals surface area contributed by atoms with Crippen LogP contribution in [0.1, 0.15) is 21.5 Å². The summed E-state index contributed by atoms with van der Waals surface area (Å²) in [6.45, 7) is 3.98. The van der Waals surface area contributed by atoms with Crippen LogP contribution < -0.4 is 14.2 Å². The summed E-state index contributed by atoms with van der Waals surface area (Å²) in [5, 5.41) is 9.52. The van der Waals surface area contributed by atoms with Gasteiger partial charge in [0, 0.05) is 16.8 Å². The first kappa shape index (κ1) is 24.3. The lowest BCUT2D eigenvalue weighted by atomic mass is 10.0. The molecule has 3 aromatic carbocycles. The third-order valence-corrected chi connectivity index (χ3v) is 6.51. The van der Waals surface area contributed by atoms with Crippen molar-refractivity contribution >= 4 is 17.5 Å². The van der Waals surface area contributed by atoms with E-state index in [2.05, 4.69) is 10.2 Å². The van der Waals surface area contributed by atoms with Crippen molar-refractivity contribution in [3.8, 4) is 34.3 Å². The molecule has 0 radical (unpaired) electrons. The van der Waals surface area contributed by atoms with Crippen molar-refractivity contribution in [3.05, 3.63) is 77.4 Å². The third-order valence-electron chi connectivity index (χ3n) is 5.59. The zero-order valence-electron chi connectivity index (χ0n) is 20.4. The van der Waals surface area contributed by atoms with E-state index in [4.69, 9.17) is 14.2 Å². The summed E-state index contributed by atoms with van der Waals surface area (Å²) in [5.74, 6) is 2.41. The highest BCUT2D eigenvalue weighted by Crippen LogP contribution is 2.41. The predicted molar refractivity (Wildman–Crippen MR) is 137 cm³/mol. The summed E-state index contributed by atoms with van der Waals surface area (Å²) in [6.07, 6.45) is 0. The van der Waals surface area contributed by atoms with Gasteiger partial charge in [-0.3, -0.25) is 9.36 Å². The van der Waals surface area contributed by atoms with Crippen molar-refractivity contribution < 1.29 is 19.0 Å². The maximum Gasteiger partial charge on any atom is 0.203 e. The first-order chi connectivity index (χ1) is 17.0. The Morgan fingerprint density at radius 2 is 1.57 bits per heavy atom. The van der Waals surface area contributed by atoms with E-state index in [1.807, 2.05) is 79.1 Å². The number of rotatable bonds is 9. The zero-order chi connectivity index (χ0) is 24.9. The fourth-order valence-corrected chi connectivity index (χ4v) is 4.74. The standard InChI is InChI=1S/C27H27N3O4S/c1-17-11-12-21(18(2)13-17)22(31)16-35-27-29-28-26(30(27)20-9-7-6-8-10-20)19-14-23(32-3)25(34-5)24(15-19)33-4/h6-15H,16H2,1-5H3. The van der Waals surface area contributed by atoms with Gasteiger partial charge in [0.25, 0.3) is 0 Å². The topological polar surface area (TPSA) is 75.5 Å². The van der Waals surface area contributed by atoms with Crippen LogP contribution >= 0.6 is 11.8 Å². The molecule has 0 aliphatic heterocycles. The van der Waals surface area contributed by atoms with Crippen LogP contribution in [-0.4, -0.2) is 47.6 Å². The van der Waals surface area contributed by atoms with Gasteiger partial charge in [-0.15, -0.1) is 10.2 Å². The van der Waals surface area contributed by atoms with Crippen molar-refractivity contribution in [1.82, 2.24) is 14.8 Å². The van der Waals surface area contributed by atoms with Crippen molar-refractivity contribution in [1.29, 1.82) is 0 Å². The Kier molecular flexibility index (Phi) is 7.41. The minimum Gasteiger partial charge on any atom is -0.493 e. The molecule has 4 rings (SSSR count). The third kappa shape index (κ3) is 5.02. The van der Waals surface area contributed by atoms with Gasteiger partial charge in [-0.05, 0) is 43.7 Å². The average molecular weight is 490 g/mol. The molecule has 0 N–H and O–H groups in total. The van der Waals surface area contributed by atoms with Gasteiger partial charge >= 0.3 is 0 Å². The van der Waals surface area contributed by atoms with E-state index < -0.39 is 0 Å². The molecule has 180 valence electrons. The van der Waals surface area contributed by atoms with Crippen LogP contribution in [0.3, 0.4) is 0 Å². The summed E-state index contributed by atoms with van der Waals surface area (Å²) in [6, 6.07) is 19.3. The minimum absolute atomic E-state index is 0.0458. The second-order valence-electron chi connectivity index (χ2n) is 7.92. The highest BCUT2D eigenvalue weighted by atomic mass is 32.2. The molecule has 7 nitrogen and oxygen atoms in total. The highest BCUT2D eigenvalue weighted by Gasteiger charge is 2.21. The number of thioether (sulfide) groups is 1. The van der Waals surface area contributed by atoms with Crippen LogP contribution in [0.15, 0.2) is 65.8 Å². The van der Waals surface area contributed by atoms with Gasteiger partial charge in [0.15, 0.2) is 28.3 Å². The van der Waals surface area contributed by atoms with Crippen LogP contribution in [-0.2, 0) is 0 Å². The summed E-state index contributed by atoms with van der Waals surface area (Å²) in [4.78, 5) is 13.0. The van der Waals surface area contributed by atoms with E-state index >= 15 is 0 Å². The predicted octanol–water partition coefficient (Wildman–Crippen LogP) is 5.55. The van der Waals surface area contributed by atoms with Crippen LogP contribution in [0.5, 0.6) is 17.2 Å². The van der Waals surface area contributed by atoms with E-state index in [1.54, 1.807) is 21.3 Å². The van der Waals surface area contributed by atoms with Crippen molar-refractivity contribution in [2.24, 2.45) is 0 Å². The lowest BCUT2D eigenvalue weighted by Gasteiger charge is -2.15. The number of aryl methyl sites for hydroxylation is 2. The summed E-state index contributed by atoms with van der Waals surface area (Å²) in [7, 11) is 4.71. The molecular formula is C27H27N3O4S. The quantitative estimate of drug-likeness (QED) is 0.225. The molecule has 0 bridgehead atoms. The SMILES string of the molecule is COc1cc(-c2nnc(SCC(=O)c3ccc(C)cc3C)n2-c2ccccc2)cc(OC)c1OC. The van der Waals surface area contributed by atoms with Gasteiger partial charge in [0.2, 0.25) is 5.75 Å². The molecule has 4 aromatic rings. The Hall–Kier alpha value is -3.78. The number of benzene rings is 3. The lowest BCUT2D eigenvalue weighted by Crippen LogP contribution is -2.07. The van der Waals surface area contributed by atoms with E-state index in [9.17, 15) is 4.79 Å². The number of ketones is 1. The number of aromatic nitrogens is 3. The molecule has 1 aromatic heterocycles. The first-order valence-corrected chi connectivity index (χ1v) is 12.0. The van der Waals surface area contributed by atoms with Gasteiger partial charge in [-0.1, -0.05) is 53.7 Å². The molecule has 0 spiro atoms. The number of Topliss-reactive ketones (excluding diaryl/α,β-unsaturated/α-hetero) is 1. The molecule has 0 amide bonds. The maximum absolute atomic E-state index is 13.0. The van der Waals surface area contributed by atoms with Crippen molar-refractivity contribution in [2.75, 3.05) is 27.1 Å². The Morgan fingerprint density at radius 3 is 2.17 bits per heavy atom. The normalized spacial score (nSPS) is 10.8. The molecule has 0 aliphatic carbocycles.